The molecule has 4 rings (SSSR count). The van der Waals surface area contributed by atoms with E-state index in [1.165, 1.54) is 0 Å². The molecular weight excluding hydrogens is 352 g/mol. The Hall–Kier alpha value is -2.86. The van der Waals surface area contributed by atoms with E-state index in [4.69, 9.17) is 0 Å². The lowest BCUT2D eigenvalue weighted by Crippen LogP contribution is -2.48. The highest BCUT2D eigenvalue weighted by Crippen LogP contribution is 2.31. The van der Waals surface area contributed by atoms with Crippen LogP contribution in [0.5, 0.6) is 0 Å². The molecule has 1 aliphatic carbocycles. The minimum atomic E-state index is -0.268. The molecule has 0 bridgehead atoms. The second-order valence-corrected chi connectivity index (χ2v) is 7.59. The van der Waals surface area contributed by atoms with Gasteiger partial charge in [-0.25, -0.2) is 9.97 Å². The zero-order valence-corrected chi connectivity index (χ0v) is 16.1. The lowest BCUT2D eigenvalue weighted by Gasteiger charge is -2.38. The van der Waals surface area contributed by atoms with E-state index in [-0.39, 0.29) is 24.0 Å². The van der Waals surface area contributed by atoms with Crippen LogP contribution in [0.2, 0.25) is 0 Å². The molecule has 1 amide bonds. The summed E-state index contributed by atoms with van der Waals surface area (Å²) in [6.45, 7) is 3.84. The van der Waals surface area contributed by atoms with Gasteiger partial charge in [0.1, 0.15) is 0 Å². The fourth-order valence-corrected chi connectivity index (χ4v) is 3.66. The molecular formula is C22H24N4O2. The average molecular weight is 376 g/mol. The number of rotatable bonds is 5. The highest BCUT2D eigenvalue weighted by Gasteiger charge is 2.35. The van der Waals surface area contributed by atoms with Crippen LogP contribution in [0.15, 0.2) is 42.6 Å². The SMILES string of the molecule is Cc1nc2ccc(C(=O)N[C@H](Cc3ccccn3)C3CC(O)C3)cc2nc1C. The summed E-state index contributed by atoms with van der Waals surface area (Å²) in [4.78, 5) is 26.4. The van der Waals surface area contributed by atoms with Gasteiger partial charge in [0.05, 0.1) is 28.5 Å². The van der Waals surface area contributed by atoms with Gasteiger partial charge >= 0.3 is 0 Å². The van der Waals surface area contributed by atoms with Crippen LogP contribution >= 0.6 is 0 Å². The Labute approximate surface area is 164 Å². The van der Waals surface area contributed by atoms with Crippen molar-refractivity contribution in [3.63, 3.8) is 0 Å². The Morgan fingerprint density at radius 2 is 1.89 bits per heavy atom. The van der Waals surface area contributed by atoms with Crippen LogP contribution in [-0.4, -0.2) is 38.1 Å². The Morgan fingerprint density at radius 3 is 2.57 bits per heavy atom. The second-order valence-electron chi connectivity index (χ2n) is 7.59. The number of hydrogen-bond donors (Lipinski definition) is 2. The molecule has 144 valence electrons. The number of aliphatic hydroxyl groups excluding tert-OH is 1. The molecule has 1 aliphatic rings. The number of nitrogens with zero attached hydrogens (tertiary/aromatic N) is 3. The average Bonchev–Trinajstić information content (AvgIpc) is 2.66. The van der Waals surface area contributed by atoms with Gasteiger partial charge in [0.2, 0.25) is 0 Å². The molecule has 6 heteroatoms. The summed E-state index contributed by atoms with van der Waals surface area (Å²) < 4.78 is 0. The predicted molar refractivity (Wildman–Crippen MR) is 107 cm³/mol. The van der Waals surface area contributed by atoms with Crippen molar-refractivity contribution >= 4 is 16.9 Å². The minimum absolute atomic E-state index is 0.0627. The van der Waals surface area contributed by atoms with E-state index >= 15 is 0 Å². The van der Waals surface area contributed by atoms with Crippen LogP contribution in [0, 0.1) is 19.8 Å². The Balaban J connectivity index is 1.55. The molecule has 6 nitrogen and oxygen atoms in total. The maximum Gasteiger partial charge on any atom is 0.251 e. The van der Waals surface area contributed by atoms with Gasteiger partial charge in [-0.15, -0.1) is 0 Å². The van der Waals surface area contributed by atoms with Crippen LogP contribution in [0.1, 0.15) is 40.3 Å². The van der Waals surface area contributed by atoms with E-state index in [2.05, 4.69) is 20.3 Å². The van der Waals surface area contributed by atoms with Gasteiger partial charge < -0.3 is 10.4 Å². The maximum absolute atomic E-state index is 12.9. The smallest absolute Gasteiger partial charge is 0.251 e. The standard InChI is InChI=1S/C22H24N4O2/c1-13-14(2)25-21-11-15(6-7-19(21)24-13)22(28)26-20(16-9-18(27)10-16)12-17-5-3-4-8-23-17/h3-8,11,16,18,20,27H,9-10,12H2,1-2H3,(H,26,28)/t16?,18?,20-/m1/s1. The first-order chi connectivity index (χ1) is 13.5. The third-order valence-electron chi connectivity index (χ3n) is 5.53. The molecule has 1 saturated carbocycles. The van der Waals surface area contributed by atoms with Crippen molar-refractivity contribution in [3.8, 4) is 0 Å². The molecule has 2 heterocycles. The quantitative estimate of drug-likeness (QED) is 0.715. The number of benzene rings is 1. The summed E-state index contributed by atoms with van der Waals surface area (Å²) in [6, 6.07) is 11.1. The molecule has 1 atom stereocenters. The van der Waals surface area contributed by atoms with Crippen LogP contribution in [0.4, 0.5) is 0 Å². The molecule has 0 unspecified atom stereocenters. The van der Waals surface area contributed by atoms with Gasteiger partial charge in [0.25, 0.3) is 5.91 Å². The molecule has 0 spiro atoms. The molecule has 0 aliphatic heterocycles. The third-order valence-corrected chi connectivity index (χ3v) is 5.53. The number of fused-ring (bicyclic) bond motifs is 1. The first-order valence-electron chi connectivity index (χ1n) is 9.63. The molecule has 0 radical (unpaired) electrons. The number of carbonyl (C=O) groups is 1. The first-order valence-corrected chi connectivity index (χ1v) is 9.63. The molecule has 1 aromatic carbocycles. The minimum Gasteiger partial charge on any atom is -0.393 e. The van der Waals surface area contributed by atoms with E-state index < -0.39 is 0 Å². The van der Waals surface area contributed by atoms with Crippen LogP contribution < -0.4 is 5.32 Å². The fourth-order valence-electron chi connectivity index (χ4n) is 3.66. The summed E-state index contributed by atoms with van der Waals surface area (Å²) in [5, 5.41) is 12.9. The lowest BCUT2D eigenvalue weighted by atomic mass is 9.76. The molecule has 28 heavy (non-hydrogen) atoms. The number of nitrogens with one attached hydrogen (secondary N) is 1. The van der Waals surface area contributed by atoms with E-state index in [1.807, 2.05) is 38.1 Å². The number of aromatic nitrogens is 3. The monoisotopic (exact) mass is 376 g/mol. The van der Waals surface area contributed by atoms with Crippen molar-refractivity contribution in [1.29, 1.82) is 0 Å². The van der Waals surface area contributed by atoms with Crippen LogP contribution in [0.25, 0.3) is 11.0 Å². The van der Waals surface area contributed by atoms with Gasteiger partial charge in [-0.05, 0) is 62.9 Å². The van der Waals surface area contributed by atoms with Crippen molar-refractivity contribution in [2.75, 3.05) is 0 Å². The molecule has 2 aromatic heterocycles. The Morgan fingerprint density at radius 1 is 1.14 bits per heavy atom. The second kappa shape index (κ2) is 7.64. The van der Waals surface area contributed by atoms with Gasteiger partial charge in [-0.1, -0.05) is 6.07 Å². The van der Waals surface area contributed by atoms with Crippen molar-refractivity contribution in [2.45, 2.75) is 45.3 Å². The van der Waals surface area contributed by atoms with E-state index in [0.29, 0.717) is 24.8 Å². The zero-order valence-electron chi connectivity index (χ0n) is 16.1. The summed E-state index contributed by atoms with van der Waals surface area (Å²) in [7, 11) is 0. The summed E-state index contributed by atoms with van der Waals surface area (Å²) in [5.41, 5.74) is 4.76. The van der Waals surface area contributed by atoms with Crippen molar-refractivity contribution < 1.29 is 9.90 Å². The summed E-state index contributed by atoms with van der Waals surface area (Å²) >= 11 is 0. The van der Waals surface area contributed by atoms with Crippen molar-refractivity contribution in [3.05, 3.63) is 65.2 Å². The van der Waals surface area contributed by atoms with Gasteiger partial charge in [0, 0.05) is 29.9 Å². The maximum atomic E-state index is 12.9. The number of aliphatic hydroxyl groups is 1. The predicted octanol–water partition coefficient (Wildman–Crippen LogP) is 2.75. The number of hydrogen-bond acceptors (Lipinski definition) is 5. The van der Waals surface area contributed by atoms with Gasteiger partial charge in [-0.2, -0.15) is 0 Å². The number of carbonyl (C=O) groups excluding carboxylic acids is 1. The topological polar surface area (TPSA) is 88.0 Å². The number of amides is 1. The zero-order chi connectivity index (χ0) is 19.7. The van der Waals surface area contributed by atoms with Crippen molar-refractivity contribution in [1.82, 2.24) is 20.3 Å². The lowest BCUT2D eigenvalue weighted by molar-refractivity contribution is 0.0238. The Kier molecular flexibility index (Phi) is 5.05. The number of aryl methyl sites for hydroxylation is 2. The van der Waals surface area contributed by atoms with Gasteiger partial charge in [-0.3, -0.25) is 9.78 Å². The van der Waals surface area contributed by atoms with Crippen LogP contribution in [0.3, 0.4) is 0 Å². The largest absolute Gasteiger partial charge is 0.393 e. The molecule has 1 fully saturated rings. The third kappa shape index (κ3) is 3.87. The van der Waals surface area contributed by atoms with Crippen LogP contribution in [-0.2, 0) is 6.42 Å². The Bertz CT molecular complexity index is 1000. The van der Waals surface area contributed by atoms with E-state index in [9.17, 15) is 9.90 Å². The first kappa shape index (κ1) is 18.5. The highest BCUT2D eigenvalue weighted by atomic mass is 16.3. The van der Waals surface area contributed by atoms with Crippen molar-refractivity contribution in [2.24, 2.45) is 5.92 Å². The normalized spacial score (nSPS) is 19.8. The van der Waals surface area contributed by atoms with E-state index in [0.717, 1.165) is 28.1 Å². The summed E-state index contributed by atoms with van der Waals surface area (Å²) in [5.74, 6) is 0.121. The summed E-state index contributed by atoms with van der Waals surface area (Å²) in [6.07, 6.45) is 3.56. The van der Waals surface area contributed by atoms with E-state index in [1.54, 1.807) is 18.3 Å². The molecule has 3 aromatic rings. The highest BCUT2D eigenvalue weighted by molar-refractivity contribution is 5.97. The molecule has 0 saturated heterocycles. The molecule has 2 N–H and O–H groups in total. The fraction of sp³-hybridized carbons (Fsp3) is 0.364. The number of pyridine rings is 1. The van der Waals surface area contributed by atoms with Gasteiger partial charge in [0.15, 0.2) is 0 Å².